The van der Waals surface area contributed by atoms with Gasteiger partial charge in [0.1, 0.15) is 10.6 Å². The van der Waals surface area contributed by atoms with Gasteiger partial charge in [-0.2, -0.15) is 0 Å². The van der Waals surface area contributed by atoms with Crippen LogP contribution in [0.3, 0.4) is 0 Å². The van der Waals surface area contributed by atoms with Gasteiger partial charge in [-0.3, -0.25) is 0 Å². The highest BCUT2D eigenvalue weighted by Gasteiger charge is 2.08. The highest BCUT2D eigenvalue weighted by Crippen LogP contribution is 2.24. The lowest BCUT2D eigenvalue weighted by atomic mass is 10.3. The minimum Gasteiger partial charge on any atom is -0.495 e. The van der Waals surface area contributed by atoms with Crippen LogP contribution in [0.4, 0.5) is 0 Å². The minimum absolute atomic E-state index is 0.270. The van der Waals surface area contributed by atoms with Crippen molar-refractivity contribution in [3.63, 3.8) is 0 Å². The zero-order valence-electron chi connectivity index (χ0n) is 6.28. The van der Waals surface area contributed by atoms with Crippen LogP contribution in [0.25, 0.3) is 0 Å². The maximum Gasteiger partial charge on any atom is 0.190 e. The summed E-state index contributed by atoms with van der Waals surface area (Å²) < 4.78 is 25.2. The number of methoxy groups -OCH3 is 1. The summed E-state index contributed by atoms with van der Waals surface area (Å²) in [6.45, 7) is 0. The molecule has 66 valence electrons. The molecular weight excluding hydrogens is 244 g/mol. The molecule has 0 aliphatic heterocycles. The molecule has 5 heteroatoms. The van der Waals surface area contributed by atoms with Crippen molar-refractivity contribution in [2.24, 2.45) is 0 Å². The Balaban J connectivity index is 3.21. The van der Waals surface area contributed by atoms with Gasteiger partial charge < -0.3 is 9.29 Å². The minimum atomic E-state index is -2.01. The van der Waals surface area contributed by atoms with Crippen molar-refractivity contribution in [3.8, 4) is 5.75 Å². The van der Waals surface area contributed by atoms with Crippen molar-refractivity contribution < 1.29 is 13.5 Å². The maximum absolute atomic E-state index is 10.7. The van der Waals surface area contributed by atoms with E-state index in [-0.39, 0.29) is 4.90 Å². The summed E-state index contributed by atoms with van der Waals surface area (Å²) in [6, 6.07) is 4.93. The third kappa shape index (κ3) is 2.06. The summed E-state index contributed by atoms with van der Waals surface area (Å²) in [7, 11) is 1.46. The van der Waals surface area contributed by atoms with Crippen molar-refractivity contribution in [1.82, 2.24) is 0 Å². The van der Waals surface area contributed by atoms with Gasteiger partial charge in [-0.05, 0) is 18.2 Å². The Kier molecular flexibility index (Phi) is 3.25. The average molecular weight is 251 g/mol. The van der Waals surface area contributed by atoms with Crippen LogP contribution < -0.4 is 4.74 Å². The largest absolute Gasteiger partial charge is 0.495 e. The molecule has 1 rings (SSSR count). The summed E-state index contributed by atoms with van der Waals surface area (Å²) in [4.78, 5) is 0.270. The number of hydrogen-bond acceptors (Lipinski definition) is 2. The van der Waals surface area contributed by atoms with E-state index in [1.807, 2.05) is 0 Å². The van der Waals surface area contributed by atoms with Crippen LogP contribution in [0, 0.1) is 0 Å². The first-order valence-electron chi connectivity index (χ1n) is 3.09. The van der Waals surface area contributed by atoms with Crippen LogP contribution in [0.15, 0.2) is 27.6 Å². The Labute approximate surface area is 81.2 Å². The molecule has 0 fully saturated rings. The van der Waals surface area contributed by atoms with E-state index < -0.39 is 11.1 Å². The Hall–Kier alpha value is -0.390. The molecule has 1 unspecified atom stereocenters. The average Bonchev–Trinajstić information content (AvgIpc) is 2.04. The molecule has 0 bridgehead atoms. The fourth-order valence-electron chi connectivity index (χ4n) is 0.787. The lowest BCUT2D eigenvalue weighted by molar-refractivity contribution is 0.402. The molecule has 0 aromatic heterocycles. The first kappa shape index (κ1) is 9.70. The lowest BCUT2D eigenvalue weighted by Gasteiger charge is -2.04. The highest BCUT2D eigenvalue weighted by atomic mass is 79.9. The van der Waals surface area contributed by atoms with E-state index in [2.05, 4.69) is 15.9 Å². The zero-order valence-corrected chi connectivity index (χ0v) is 8.68. The van der Waals surface area contributed by atoms with Crippen molar-refractivity contribution in [1.29, 1.82) is 0 Å². The van der Waals surface area contributed by atoms with Gasteiger partial charge in [0.05, 0.1) is 7.11 Å². The van der Waals surface area contributed by atoms with Gasteiger partial charge in [0.25, 0.3) is 0 Å². The van der Waals surface area contributed by atoms with Gasteiger partial charge in [0, 0.05) is 4.47 Å². The number of ether oxygens (including phenoxy) is 1. The molecule has 0 aliphatic rings. The van der Waals surface area contributed by atoms with E-state index in [0.29, 0.717) is 5.75 Å². The van der Waals surface area contributed by atoms with Gasteiger partial charge in [-0.25, -0.2) is 4.21 Å². The quantitative estimate of drug-likeness (QED) is 0.818. The van der Waals surface area contributed by atoms with Crippen LogP contribution in [-0.4, -0.2) is 15.9 Å². The monoisotopic (exact) mass is 250 g/mol. The second-order valence-corrected chi connectivity index (χ2v) is 3.90. The smallest absolute Gasteiger partial charge is 0.190 e. The van der Waals surface area contributed by atoms with Crippen molar-refractivity contribution in [2.45, 2.75) is 4.90 Å². The van der Waals surface area contributed by atoms with Gasteiger partial charge in [0.15, 0.2) is 11.1 Å². The van der Waals surface area contributed by atoms with Gasteiger partial charge in [0.2, 0.25) is 0 Å². The summed E-state index contributed by atoms with van der Waals surface area (Å²) in [5, 5.41) is 0. The Bertz CT molecular complexity index is 314. The molecule has 0 saturated carbocycles. The van der Waals surface area contributed by atoms with Crippen LogP contribution in [0.1, 0.15) is 0 Å². The van der Waals surface area contributed by atoms with E-state index >= 15 is 0 Å². The molecule has 1 aromatic carbocycles. The van der Waals surface area contributed by atoms with Crippen LogP contribution >= 0.6 is 15.9 Å². The third-order valence-electron chi connectivity index (χ3n) is 1.31. The summed E-state index contributed by atoms with van der Waals surface area (Å²) in [5.74, 6) is 0.416. The van der Waals surface area contributed by atoms with E-state index in [9.17, 15) is 4.21 Å². The molecule has 0 aliphatic carbocycles. The standard InChI is InChI=1S/C7H7BrO3S/c1-11-6-3-2-5(8)4-7(6)12(9)10/h2-4H,1H3,(H,9,10). The molecule has 1 aromatic rings. The summed E-state index contributed by atoms with van der Waals surface area (Å²) >= 11 is 1.19. The third-order valence-corrected chi connectivity index (χ3v) is 2.50. The molecule has 0 radical (unpaired) electrons. The molecule has 1 N–H and O–H groups in total. The number of halogens is 1. The second kappa shape index (κ2) is 4.02. The zero-order chi connectivity index (χ0) is 9.14. The highest BCUT2D eigenvalue weighted by molar-refractivity contribution is 9.10. The van der Waals surface area contributed by atoms with Crippen molar-refractivity contribution >= 4 is 27.0 Å². The fraction of sp³-hybridized carbons (Fsp3) is 0.143. The Morgan fingerprint density at radius 2 is 2.25 bits per heavy atom. The van der Waals surface area contributed by atoms with E-state index in [1.54, 1.807) is 18.2 Å². The molecule has 0 saturated heterocycles. The van der Waals surface area contributed by atoms with Crippen LogP contribution in [-0.2, 0) is 11.1 Å². The number of rotatable bonds is 2. The van der Waals surface area contributed by atoms with Gasteiger partial charge in [-0.1, -0.05) is 15.9 Å². The predicted molar refractivity (Wildman–Crippen MR) is 49.7 cm³/mol. The molecular formula is C7H7BrO3S. The van der Waals surface area contributed by atoms with Crippen LogP contribution in [0.5, 0.6) is 5.75 Å². The first-order valence-corrected chi connectivity index (χ1v) is 4.99. The first-order chi connectivity index (χ1) is 5.65. The van der Waals surface area contributed by atoms with Gasteiger partial charge >= 0.3 is 0 Å². The lowest BCUT2D eigenvalue weighted by Crippen LogP contribution is -1.93. The van der Waals surface area contributed by atoms with Crippen molar-refractivity contribution in [2.75, 3.05) is 7.11 Å². The predicted octanol–water partition coefficient (Wildman–Crippen LogP) is 2.04. The number of hydrogen-bond donors (Lipinski definition) is 1. The van der Waals surface area contributed by atoms with E-state index in [0.717, 1.165) is 4.47 Å². The van der Waals surface area contributed by atoms with E-state index in [4.69, 9.17) is 9.29 Å². The molecule has 0 heterocycles. The molecule has 12 heavy (non-hydrogen) atoms. The van der Waals surface area contributed by atoms with E-state index in [1.165, 1.54) is 7.11 Å². The Morgan fingerprint density at radius 1 is 1.58 bits per heavy atom. The van der Waals surface area contributed by atoms with Crippen molar-refractivity contribution in [3.05, 3.63) is 22.7 Å². The van der Waals surface area contributed by atoms with Gasteiger partial charge in [-0.15, -0.1) is 0 Å². The maximum atomic E-state index is 10.7. The summed E-state index contributed by atoms with van der Waals surface area (Å²) in [5.41, 5.74) is 0. The van der Waals surface area contributed by atoms with Crippen LogP contribution in [0.2, 0.25) is 0 Å². The summed E-state index contributed by atoms with van der Waals surface area (Å²) in [6.07, 6.45) is 0. The topological polar surface area (TPSA) is 46.5 Å². The second-order valence-electron chi connectivity index (χ2n) is 2.04. The molecule has 0 amide bonds. The fourth-order valence-corrected chi connectivity index (χ4v) is 1.85. The normalized spacial score (nSPS) is 12.6. The number of benzene rings is 1. The molecule has 1 atom stereocenters. The molecule has 3 nitrogen and oxygen atoms in total. The Morgan fingerprint density at radius 3 is 2.75 bits per heavy atom. The molecule has 0 spiro atoms. The SMILES string of the molecule is COc1ccc(Br)cc1S(=O)O.